The molecule has 0 bridgehead atoms. The SMILES string of the molecule is CC(C)(C)CC(=S)NC(CCC1CC(CO)C(O)C(O)C1O)C(O)CC(O)C(C)(C)C.CCC. The summed E-state index contributed by atoms with van der Waals surface area (Å²) in [5.74, 6) is -0.819. The first-order valence-electron chi connectivity index (χ1n) is 12.8. The molecule has 0 radical (unpaired) electrons. The molecule has 1 rings (SSSR count). The molecule has 7 N–H and O–H groups in total. The van der Waals surface area contributed by atoms with E-state index in [0.29, 0.717) is 30.7 Å². The molecule has 8 unspecified atom stereocenters. The van der Waals surface area contributed by atoms with E-state index < -0.39 is 42.5 Å². The maximum absolute atomic E-state index is 10.9. The standard InChI is InChI=1S/C23H45NO6S.C3H8/c1-22(2,3)11-18(31)24-15(16(26)10-17(27)23(4,5)6)8-7-13-9-14(12-25)20(29)21(30)19(13)28;1-3-2/h13-17,19-21,25-30H,7-12H2,1-6H3,(H,24,31);3H2,1-2H3. The fourth-order valence-corrected chi connectivity index (χ4v) is 4.72. The molecule has 0 heterocycles. The fourth-order valence-electron chi connectivity index (χ4n) is 4.14. The zero-order valence-electron chi connectivity index (χ0n) is 22.7. The minimum absolute atomic E-state index is 0.0152. The number of thiocarbonyl (C=S) groups is 1. The van der Waals surface area contributed by atoms with Gasteiger partial charge >= 0.3 is 0 Å². The fraction of sp³-hybridized carbons (Fsp3) is 0.962. The number of nitrogens with one attached hydrogen (secondary N) is 1. The van der Waals surface area contributed by atoms with Gasteiger partial charge < -0.3 is 36.0 Å². The normalized spacial score (nSPS) is 28.4. The molecular weight excluding hydrogens is 454 g/mol. The summed E-state index contributed by atoms with van der Waals surface area (Å²) >= 11 is 5.51. The molecular formula is C26H53NO6S. The minimum atomic E-state index is -1.31. The third-order valence-electron chi connectivity index (χ3n) is 6.32. The lowest BCUT2D eigenvalue weighted by Gasteiger charge is -2.40. The quantitative estimate of drug-likeness (QED) is 0.237. The van der Waals surface area contributed by atoms with Crippen LogP contribution in [0.25, 0.3) is 0 Å². The highest BCUT2D eigenvalue weighted by Crippen LogP contribution is 2.34. The number of hydrogen-bond acceptors (Lipinski definition) is 7. The zero-order valence-corrected chi connectivity index (χ0v) is 23.5. The van der Waals surface area contributed by atoms with Gasteiger partial charge in [0.05, 0.1) is 35.4 Å². The lowest BCUT2D eigenvalue weighted by atomic mass is 9.73. The van der Waals surface area contributed by atoms with Gasteiger partial charge in [-0.1, -0.05) is 74.0 Å². The van der Waals surface area contributed by atoms with Crippen molar-refractivity contribution >= 4 is 17.2 Å². The third-order valence-corrected chi connectivity index (χ3v) is 6.58. The van der Waals surface area contributed by atoms with Gasteiger partial charge in [0.15, 0.2) is 0 Å². The molecule has 0 saturated heterocycles. The predicted molar refractivity (Wildman–Crippen MR) is 142 cm³/mol. The zero-order chi connectivity index (χ0) is 26.9. The molecule has 7 nitrogen and oxygen atoms in total. The van der Waals surface area contributed by atoms with Crippen molar-refractivity contribution in [2.45, 2.75) is 130 Å². The van der Waals surface area contributed by atoms with Crippen LogP contribution in [0.1, 0.15) is 93.9 Å². The van der Waals surface area contributed by atoms with Crippen LogP contribution < -0.4 is 5.32 Å². The van der Waals surface area contributed by atoms with Crippen LogP contribution in [0.4, 0.5) is 0 Å². The second-order valence-corrected chi connectivity index (χ2v) is 12.8. The first-order valence-corrected chi connectivity index (χ1v) is 13.2. The molecule has 1 aliphatic carbocycles. The van der Waals surface area contributed by atoms with Crippen molar-refractivity contribution in [3.63, 3.8) is 0 Å². The van der Waals surface area contributed by atoms with Crippen LogP contribution in [0.15, 0.2) is 0 Å². The van der Waals surface area contributed by atoms with E-state index in [1.165, 1.54) is 6.42 Å². The Kier molecular flexibility index (Phi) is 14.9. The van der Waals surface area contributed by atoms with Crippen molar-refractivity contribution in [1.82, 2.24) is 5.32 Å². The van der Waals surface area contributed by atoms with Crippen LogP contribution in [0.3, 0.4) is 0 Å². The Morgan fingerprint density at radius 3 is 1.88 bits per heavy atom. The monoisotopic (exact) mass is 507 g/mol. The van der Waals surface area contributed by atoms with Crippen LogP contribution in [0.5, 0.6) is 0 Å². The molecule has 0 amide bonds. The molecule has 8 atom stereocenters. The number of rotatable bonds is 9. The van der Waals surface area contributed by atoms with Crippen molar-refractivity contribution in [2.24, 2.45) is 22.7 Å². The first-order chi connectivity index (χ1) is 15.5. The summed E-state index contributed by atoms with van der Waals surface area (Å²) in [6.45, 7) is 16.0. The molecule has 0 spiro atoms. The molecule has 0 aromatic heterocycles. The predicted octanol–water partition coefficient (Wildman–Crippen LogP) is 2.77. The first kappa shape index (κ1) is 33.7. The Bertz CT molecular complexity index is 575. The van der Waals surface area contributed by atoms with Gasteiger partial charge in [0.25, 0.3) is 0 Å². The van der Waals surface area contributed by atoms with Gasteiger partial charge in [0.2, 0.25) is 0 Å². The van der Waals surface area contributed by atoms with Gasteiger partial charge in [-0.2, -0.15) is 0 Å². The molecule has 1 aliphatic rings. The average molecular weight is 508 g/mol. The Balaban J connectivity index is 0.00000343. The van der Waals surface area contributed by atoms with E-state index in [1.54, 1.807) is 0 Å². The van der Waals surface area contributed by atoms with Crippen molar-refractivity contribution in [2.75, 3.05) is 6.61 Å². The summed E-state index contributed by atoms with van der Waals surface area (Å²) in [5.41, 5.74) is -0.385. The number of aliphatic hydroxyl groups excluding tert-OH is 6. The van der Waals surface area contributed by atoms with Crippen LogP contribution in [-0.2, 0) is 0 Å². The van der Waals surface area contributed by atoms with E-state index in [0.717, 1.165) is 0 Å². The molecule has 204 valence electrons. The summed E-state index contributed by atoms with van der Waals surface area (Å²) in [5, 5.41) is 64.7. The van der Waals surface area contributed by atoms with E-state index in [4.69, 9.17) is 12.2 Å². The van der Waals surface area contributed by atoms with Crippen LogP contribution in [0.2, 0.25) is 0 Å². The third kappa shape index (κ3) is 12.1. The lowest BCUT2D eigenvalue weighted by molar-refractivity contribution is -0.143. The Morgan fingerprint density at radius 2 is 1.44 bits per heavy atom. The summed E-state index contributed by atoms with van der Waals surface area (Å²) in [6, 6.07) is -0.421. The molecule has 0 aromatic rings. The summed E-state index contributed by atoms with van der Waals surface area (Å²) in [6.07, 6.45) is -1.70. The Morgan fingerprint density at radius 1 is 0.941 bits per heavy atom. The van der Waals surface area contributed by atoms with E-state index >= 15 is 0 Å². The molecule has 1 fully saturated rings. The van der Waals surface area contributed by atoms with Gasteiger partial charge in [-0.15, -0.1) is 0 Å². The van der Waals surface area contributed by atoms with E-state index in [9.17, 15) is 30.6 Å². The van der Waals surface area contributed by atoms with Gasteiger partial charge in [0, 0.05) is 25.4 Å². The highest BCUT2D eigenvalue weighted by molar-refractivity contribution is 7.80. The number of aliphatic hydroxyl groups is 6. The Hall–Kier alpha value is -0.350. The van der Waals surface area contributed by atoms with Gasteiger partial charge in [-0.25, -0.2) is 0 Å². The summed E-state index contributed by atoms with van der Waals surface area (Å²) in [7, 11) is 0. The second-order valence-electron chi connectivity index (χ2n) is 12.3. The number of hydrogen-bond donors (Lipinski definition) is 7. The molecule has 1 saturated carbocycles. The molecule has 0 aromatic carbocycles. The smallest absolute Gasteiger partial charge is 0.106 e. The van der Waals surface area contributed by atoms with Gasteiger partial charge in [0.1, 0.15) is 6.10 Å². The van der Waals surface area contributed by atoms with Crippen molar-refractivity contribution in [1.29, 1.82) is 0 Å². The van der Waals surface area contributed by atoms with Crippen molar-refractivity contribution in [3.05, 3.63) is 0 Å². The second kappa shape index (κ2) is 15.0. The largest absolute Gasteiger partial charge is 0.396 e. The van der Waals surface area contributed by atoms with Crippen LogP contribution in [-0.4, -0.2) is 78.8 Å². The highest BCUT2D eigenvalue weighted by Gasteiger charge is 2.42. The maximum Gasteiger partial charge on any atom is 0.106 e. The molecule has 8 heteroatoms. The van der Waals surface area contributed by atoms with Crippen molar-refractivity contribution in [3.8, 4) is 0 Å². The summed E-state index contributed by atoms with van der Waals surface area (Å²) in [4.78, 5) is 0.634. The minimum Gasteiger partial charge on any atom is -0.396 e. The van der Waals surface area contributed by atoms with E-state index in [2.05, 4.69) is 39.9 Å². The van der Waals surface area contributed by atoms with E-state index in [-0.39, 0.29) is 29.8 Å². The molecule has 0 aliphatic heterocycles. The van der Waals surface area contributed by atoms with Crippen LogP contribution >= 0.6 is 12.2 Å². The topological polar surface area (TPSA) is 133 Å². The average Bonchev–Trinajstić information content (AvgIpc) is 2.69. The van der Waals surface area contributed by atoms with E-state index in [1.807, 2.05) is 20.8 Å². The van der Waals surface area contributed by atoms with Gasteiger partial charge in [-0.05, 0) is 36.0 Å². The highest BCUT2D eigenvalue weighted by atomic mass is 32.1. The van der Waals surface area contributed by atoms with Gasteiger partial charge in [-0.3, -0.25) is 0 Å². The Labute approximate surface area is 213 Å². The molecule has 34 heavy (non-hydrogen) atoms. The maximum atomic E-state index is 10.9. The lowest BCUT2D eigenvalue weighted by Crippen LogP contribution is -2.52. The van der Waals surface area contributed by atoms with Crippen LogP contribution in [0, 0.1) is 22.7 Å². The summed E-state index contributed by atoms with van der Waals surface area (Å²) < 4.78 is 0. The van der Waals surface area contributed by atoms with Crippen molar-refractivity contribution < 1.29 is 30.6 Å².